The lowest BCUT2D eigenvalue weighted by molar-refractivity contribution is 0.102. The number of nitrogens with zero attached hydrogens (tertiary/aromatic N) is 3. The maximum Gasteiger partial charge on any atom is 0.255 e. The number of nitrogens with one attached hydrogen (secondary N) is 1. The summed E-state index contributed by atoms with van der Waals surface area (Å²) in [4.78, 5) is 13.4. The van der Waals surface area contributed by atoms with E-state index in [0.29, 0.717) is 11.1 Å². The predicted octanol–water partition coefficient (Wildman–Crippen LogP) is 2.94. The Hall–Kier alpha value is -2.34. The number of hydrogen-bond acceptors (Lipinski definition) is 4. The number of hydrogen-bond donors (Lipinski definition) is 1. The highest BCUT2D eigenvalue weighted by atomic mass is 32.2. The summed E-state index contributed by atoms with van der Waals surface area (Å²) in [5.74, 6) is -0.152. The molecule has 1 heterocycles. The van der Waals surface area contributed by atoms with Gasteiger partial charge in [-0.05, 0) is 42.7 Å². The summed E-state index contributed by atoms with van der Waals surface area (Å²) in [5.41, 5.74) is 2.96. The minimum atomic E-state index is -0.152. The first-order chi connectivity index (χ1) is 10.2. The molecule has 0 saturated carbocycles. The predicted molar refractivity (Wildman–Crippen MR) is 84.7 cm³/mol. The highest BCUT2D eigenvalue weighted by molar-refractivity contribution is 7.98. The molecule has 0 aliphatic carbocycles. The molecule has 0 aliphatic rings. The first-order valence-electron chi connectivity index (χ1n) is 6.42. The van der Waals surface area contributed by atoms with Crippen molar-refractivity contribution >= 4 is 34.4 Å². The van der Waals surface area contributed by atoms with Crippen molar-refractivity contribution < 1.29 is 4.79 Å². The molecule has 0 radical (unpaired) electrons. The number of carbonyl (C=O) groups excluding carboxylic acids is 1. The molecule has 2 aromatic carbocycles. The van der Waals surface area contributed by atoms with Crippen LogP contribution in [-0.2, 0) is 7.05 Å². The number of aryl methyl sites for hydroxylation is 1. The van der Waals surface area contributed by atoms with Crippen molar-refractivity contribution in [3.05, 3.63) is 48.0 Å². The second-order valence-electron chi connectivity index (χ2n) is 4.60. The molecule has 3 aromatic rings. The molecule has 1 N–H and O–H groups in total. The molecule has 1 aromatic heterocycles. The zero-order chi connectivity index (χ0) is 14.8. The van der Waals surface area contributed by atoms with Gasteiger partial charge < -0.3 is 5.32 Å². The lowest BCUT2D eigenvalue weighted by atomic mass is 10.2. The maximum absolute atomic E-state index is 12.3. The van der Waals surface area contributed by atoms with Crippen molar-refractivity contribution in [2.75, 3.05) is 11.6 Å². The minimum Gasteiger partial charge on any atom is -0.322 e. The van der Waals surface area contributed by atoms with Gasteiger partial charge >= 0.3 is 0 Å². The Morgan fingerprint density at radius 3 is 2.90 bits per heavy atom. The number of carbonyl (C=O) groups is 1. The highest BCUT2D eigenvalue weighted by Gasteiger charge is 2.09. The Labute approximate surface area is 126 Å². The van der Waals surface area contributed by atoms with Gasteiger partial charge in [0.25, 0.3) is 5.91 Å². The Balaban J connectivity index is 1.86. The minimum absolute atomic E-state index is 0.152. The topological polar surface area (TPSA) is 59.8 Å². The Morgan fingerprint density at radius 2 is 2.10 bits per heavy atom. The molecule has 5 nitrogen and oxygen atoms in total. The molecule has 1 amide bonds. The van der Waals surface area contributed by atoms with Crippen LogP contribution in [0.25, 0.3) is 11.0 Å². The molecule has 0 saturated heterocycles. The van der Waals surface area contributed by atoms with Gasteiger partial charge in [0.2, 0.25) is 0 Å². The Kier molecular flexibility index (Phi) is 3.62. The van der Waals surface area contributed by atoms with Crippen LogP contribution in [-0.4, -0.2) is 27.2 Å². The van der Waals surface area contributed by atoms with Gasteiger partial charge in [-0.3, -0.25) is 4.79 Å². The molecular weight excluding hydrogens is 284 g/mol. The normalized spacial score (nSPS) is 10.8. The van der Waals surface area contributed by atoms with Crippen LogP contribution in [0.4, 0.5) is 5.69 Å². The van der Waals surface area contributed by atoms with Gasteiger partial charge in [-0.25, -0.2) is 4.68 Å². The summed E-state index contributed by atoms with van der Waals surface area (Å²) in [6.07, 6.45) is 2.00. The van der Waals surface area contributed by atoms with E-state index in [1.54, 1.807) is 28.6 Å². The molecular formula is C15H14N4OS. The summed E-state index contributed by atoms with van der Waals surface area (Å²) in [6.45, 7) is 0. The van der Waals surface area contributed by atoms with Gasteiger partial charge in [0.15, 0.2) is 0 Å². The third-order valence-electron chi connectivity index (χ3n) is 3.20. The van der Waals surface area contributed by atoms with Gasteiger partial charge in [-0.1, -0.05) is 11.3 Å². The van der Waals surface area contributed by atoms with Crippen LogP contribution in [0.5, 0.6) is 0 Å². The Morgan fingerprint density at radius 1 is 1.24 bits per heavy atom. The highest BCUT2D eigenvalue weighted by Crippen LogP contribution is 2.20. The maximum atomic E-state index is 12.3. The number of fused-ring (bicyclic) bond motifs is 1. The number of aromatic nitrogens is 3. The van der Waals surface area contributed by atoms with E-state index in [4.69, 9.17) is 0 Å². The van der Waals surface area contributed by atoms with Crippen LogP contribution in [0.1, 0.15) is 10.4 Å². The number of thioether (sulfide) groups is 1. The molecule has 6 heteroatoms. The quantitative estimate of drug-likeness (QED) is 0.755. The SMILES string of the molecule is CSc1cccc(NC(=O)c2ccc3c(c2)nnn3C)c1. The Bertz CT molecular complexity index is 812. The van der Waals surface area contributed by atoms with Crippen molar-refractivity contribution in [1.82, 2.24) is 15.0 Å². The lowest BCUT2D eigenvalue weighted by Gasteiger charge is -2.06. The van der Waals surface area contributed by atoms with Gasteiger partial charge in [0, 0.05) is 23.2 Å². The fraction of sp³-hybridized carbons (Fsp3) is 0.133. The van der Waals surface area contributed by atoms with Crippen molar-refractivity contribution in [2.24, 2.45) is 7.05 Å². The number of anilines is 1. The first-order valence-corrected chi connectivity index (χ1v) is 7.65. The van der Waals surface area contributed by atoms with Crippen LogP contribution >= 0.6 is 11.8 Å². The number of benzene rings is 2. The largest absolute Gasteiger partial charge is 0.322 e. The van der Waals surface area contributed by atoms with Crippen molar-refractivity contribution in [1.29, 1.82) is 0 Å². The smallest absolute Gasteiger partial charge is 0.255 e. The van der Waals surface area contributed by atoms with Crippen LogP contribution < -0.4 is 5.32 Å². The molecule has 0 unspecified atom stereocenters. The molecule has 0 bridgehead atoms. The molecule has 106 valence electrons. The second-order valence-corrected chi connectivity index (χ2v) is 5.48. The van der Waals surface area contributed by atoms with E-state index >= 15 is 0 Å². The van der Waals surface area contributed by atoms with E-state index in [0.717, 1.165) is 16.1 Å². The summed E-state index contributed by atoms with van der Waals surface area (Å²) in [5, 5.41) is 10.9. The summed E-state index contributed by atoms with van der Waals surface area (Å²) >= 11 is 1.64. The average molecular weight is 298 g/mol. The van der Waals surface area contributed by atoms with Crippen LogP contribution in [0.3, 0.4) is 0 Å². The lowest BCUT2D eigenvalue weighted by Crippen LogP contribution is -2.11. The van der Waals surface area contributed by atoms with Gasteiger partial charge in [-0.15, -0.1) is 16.9 Å². The van der Waals surface area contributed by atoms with E-state index in [2.05, 4.69) is 15.6 Å². The first kappa shape index (κ1) is 13.6. The molecule has 0 fully saturated rings. The average Bonchev–Trinajstić information content (AvgIpc) is 2.88. The summed E-state index contributed by atoms with van der Waals surface area (Å²) < 4.78 is 1.68. The van der Waals surface area contributed by atoms with E-state index in [-0.39, 0.29) is 5.91 Å². The third-order valence-corrected chi connectivity index (χ3v) is 3.93. The van der Waals surface area contributed by atoms with Crippen LogP contribution in [0, 0.1) is 0 Å². The monoisotopic (exact) mass is 298 g/mol. The number of amides is 1. The van der Waals surface area contributed by atoms with Crippen LogP contribution in [0.2, 0.25) is 0 Å². The third kappa shape index (κ3) is 2.75. The van der Waals surface area contributed by atoms with Crippen molar-refractivity contribution in [3.8, 4) is 0 Å². The van der Waals surface area contributed by atoms with E-state index < -0.39 is 0 Å². The molecule has 21 heavy (non-hydrogen) atoms. The van der Waals surface area contributed by atoms with E-state index in [1.807, 2.05) is 43.6 Å². The van der Waals surface area contributed by atoms with Crippen molar-refractivity contribution in [3.63, 3.8) is 0 Å². The van der Waals surface area contributed by atoms with E-state index in [1.165, 1.54) is 0 Å². The fourth-order valence-corrected chi connectivity index (χ4v) is 2.55. The zero-order valence-corrected chi connectivity index (χ0v) is 12.5. The number of rotatable bonds is 3. The zero-order valence-electron chi connectivity index (χ0n) is 11.7. The molecule has 0 atom stereocenters. The van der Waals surface area contributed by atoms with Gasteiger partial charge in [0.05, 0.1) is 5.52 Å². The van der Waals surface area contributed by atoms with Crippen molar-refractivity contribution in [2.45, 2.75) is 4.90 Å². The molecule has 0 aliphatic heterocycles. The standard InChI is InChI=1S/C15H14N4OS/c1-19-14-7-6-10(8-13(14)17-18-19)15(20)16-11-4-3-5-12(9-11)21-2/h3-9H,1-2H3,(H,16,20). The fourth-order valence-electron chi connectivity index (χ4n) is 2.09. The van der Waals surface area contributed by atoms with Gasteiger partial charge in [-0.2, -0.15) is 0 Å². The van der Waals surface area contributed by atoms with E-state index in [9.17, 15) is 4.79 Å². The summed E-state index contributed by atoms with van der Waals surface area (Å²) in [6, 6.07) is 13.1. The second kappa shape index (κ2) is 5.57. The van der Waals surface area contributed by atoms with Gasteiger partial charge in [0.1, 0.15) is 5.52 Å². The molecule has 3 rings (SSSR count). The van der Waals surface area contributed by atoms with Crippen LogP contribution in [0.15, 0.2) is 47.4 Å². The molecule has 0 spiro atoms. The summed E-state index contributed by atoms with van der Waals surface area (Å²) in [7, 11) is 1.82.